The van der Waals surface area contributed by atoms with Crippen LogP contribution in [0.25, 0.3) is 11.1 Å². The Bertz CT molecular complexity index is 2870. The van der Waals surface area contributed by atoms with Crippen molar-refractivity contribution in [1.29, 1.82) is 0 Å². The summed E-state index contributed by atoms with van der Waals surface area (Å²) in [5.74, 6) is 0. The van der Waals surface area contributed by atoms with Gasteiger partial charge < -0.3 is 51.8 Å². The molecule has 0 aliphatic carbocycles. The average molecular weight is 1010 g/mol. The number of oxazole rings is 1. The third-order valence-electron chi connectivity index (χ3n) is 13.3. The quantitative estimate of drug-likeness (QED) is 0.0680. The minimum absolute atomic E-state index is 0.148. The Morgan fingerprint density at radius 2 is 0.946 bits per heavy atom. The largest absolute Gasteiger partial charge is 0.431 e. The lowest BCUT2D eigenvalue weighted by atomic mass is 9.95. The third-order valence-corrected chi connectivity index (χ3v) is 14.3. The highest BCUT2D eigenvalue weighted by molar-refractivity contribution is 7.99. The summed E-state index contributed by atoms with van der Waals surface area (Å²) in [7, 11) is 0. The molecule has 0 spiro atoms. The zero-order valence-corrected chi connectivity index (χ0v) is 41.6. The summed E-state index contributed by atoms with van der Waals surface area (Å²) in [6, 6.07) is 67.9. The highest BCUT2D eigenvalue weighted by atomic mass is 32.2. The maximum Gasteiger partial charge on any atom is 0.259 e. The average Bonchev–Trinajstić information content (AvgIpc) is 3.88. The number of para-hydroxylation sites is 2. The number of thioether (sulfide) groups is 1. The number of benzene rings is 7. The van der Waals surface area contributed by atoms with E-state index in [2.05, 4.69) is 0 Å². The normalized spacial score (nSPS) is 25.9. The minimum atomic E-state index is -1.09. The first-order valence-electron chi connectivity index (χ1n) is 25.2. The molecule has 0 unspecified atom stereocenters. The highest BCUT2D eigenvalue weighted by Crippen LogP contribution is 2.44. The van der Waals surface area contributed by atoms with Gasteiger partial charge in [0.15, 0.2) is 18.2 Å². The molecule has 3 aliphatic heterocycles. The number of ether oxygens (including phenoxy) is 10. The summed E-state index contributed by atoms with van der Waals surface area (Å²) in [5, 5.41) is 0.419. The molecule has 0 N–H and O–H groups in total. The van der Waals surface area contributed by atoms with Gasteiger partial charge in [0.1, 0.15) is 59.8 Å². The van der Waals surface area contributed by atoms with Crippen molar-refractivity contribution in [2.45, 2.75) is 105 Å². The molecule has 0 radical (unpaired) electrons. The molecular formula is C61H59NO11S. The van der Waals surface area contributed by atoms with Crippen LogP contribution in [0.4, 0.5) is 0 Å². The van der Waals surface area contributed by atoms with Gasteiger partial charge in [-0.2, -0.15) is 0 Å². The number of rotatable bonds is 21. The van der Waals surface area contributed by atoms with Crippen molar-refractivity contribution in [3.63, 3.8) is 0 Å². The molecule has 3 fully saturated rings. The second kappa shape index (κ2) is 25.0. The standard InChI is InChI=1S/C61H59NO11S/c1-7-21-42(22-8-1)35-63-40-50-52(64-36-43-23-9-2-10-24-43)54(65-37-44-25-11-3-12-26-44)56(66-38-45-27-13-4-14-28-45)59(69-50)73-55-53-51(41-68-58(72-53)47-31-17-6-18-32-47)70-60(57(55)67-39-46-29-15-5-16-30-46)74-61-62-48-33-19-20-34-49(48)71-61/h1-34,50-60H,35-41H2/t50-,51-,52-,53+,54+,55+,56-,57-,58-,59-,60+/m1/s1. The van der Waals surface area contributed by atoms with Gasteiger partial charge in [0, 0.05) is 5.56 Å². The number of hydrogen-bond acceptors (Lipinski definition) is 13. The van der Waals surface area contributed by atoms with E-state index in [1.807, 2.05) is 206 Å². The maximum atomic E-state index is 7.61. The molecule has 0 bridgehead atoms. The summed E-state index contributed by atoms with van der Waals surface area (Å²) in [5.41, 5.74) is 6.47. The zero-order chi connectivity index (χ0) is 49.7. The molecular weight excluding hydrogens is 955 g/mol. The first kappa shape index (κ1) is 50.1. The van der Waals surface area contributed by atoms with E-state index in [0.29, 0.717) is 17.4 Å². The molecule has 3 aliphatic rings. The van der Waals surface area contributed by atoms with E-state index < -0.39 is 66.8 Å². The fourth-order valence-corrected chi connectivity index (χ4v) is 10.6. The van der Waals surface area contributed by atoms with Crippen LogP contribution in [0.15, 0.2) is 216 Å². The first-order chi connectivity index (χ1) is 36.7. The Morgan fingerprint density at radius 1 is 0.459 bits per heavy atom. The summed E-state index contributed by atoms with van der Waals surface area (Å²) in [4.78, 5) is 4.85. The molecule has 3 saturated heterocycles. The summed E-state index contributed by atoms with van der Waals surface area (Å²) >= 11 is 1.33. The Morgan fingerprint density at radius 3 is 1.51 bits per heavy atom. The predicted octanol–water partition coefficient (Wildman–Crippen LogP) is 11.4. The van der Waals surface area contributed by atoms with Gasteiger partial charge in [0.25, 0.3) is 5.22 Å². The van der Waals surface area contributed by atoms with Crippen molar-refractivity contribution in [2.75, 3.05) is 13.2 Å². The van der Waals surface area contributed by atoms with Gasteiger partial charge >= 0.3 is 0 Å². The van der Waals surface area contributed by atoms with Gasteiger partial charge in [0.2, 0.25) is 0 Å². The molecule has 74 heavy (non-hydrogen) atoms. The van der Waals surface area contributed by atoms with Gasteiger partial charge in [-0.05, 0) is 51.7 Å². The molecule has 4 heterocycles. The molecule has 7 aromatic carbocycles. The van der Waals surface area contributed by atoms with Crippen LogP contribution in [0.5, 0.6) is 0 Å². The number of aromatic nitrogens is 1. The van der Waals surface area contributed by atoms with Gasteiger partial charge in [0.05, 0.1) is 46.2 Å². The molecule has 8 aromatic rings. The first-order valence-corrected chi connectivity index (χ1v) is 26.1. The molecule has 380 valence electrons. The summed E-state index contributed by atoms with van der Waals surface area (Å²) in [6.07, 6.45) is -7.81. The van der Waals surface area contributed by atoms with E-state index >= 15 is 0 Å². The lowest BCUT2D eigenvalue weighted by Crippen LogP contribution is -2.66. The number of fused-ring (bicyclic) bond motifs is 2. The van der Waals surface area contributed by atoms with Crippen molar-refractivity contribution in [3.8, 4) is 0 Å². The van der Waals surface area contributed by atoms with Crippen LogP contribution in [0.3, 0.4) is 0 Å². The molecule has 0 amide bonds. The van der Waals surface area contributed by atoms with Crippen molar-refractivity contribution in [1.82, 2.24) is 4.98 Å². The van der Waals surface area contributed by atoms with Crippen LogP contribution in [0, 0.1) is 0 Å². The number of nitrogens with zero attached hydrogens (tertiary/aromatic N) is 1. The molecule has 1 aromatic heterocycles. The summed E-state index contributed by atoms with van der Waals surface area (Å²) in [6.45, 7) is 1.72. The van der Waals surface area contributed by atoms with E-state index in [0.717, 1.165) is 38.9 Å². The Labute approximate surface area is 435 Å². The Kier molecular flexibility index (Phi) is 16.9. The van der Waals surface area contributed by atoms with Crippen molar-refractivity contribution >= 4 is 22.9 Å². The SMILES string of the molecule is c1ccc(COC[C@H]2O[C@H](O[C@H]3[C@H]4O[C@H](c5ccccc5)OC[C@H]4O[C@@H](Sc4nc5ccccc5o4)[C@@H]3OCc3ccccc3)[C@H](OCc3ccccc3)[C@@H](OCc3ccccc3)[C@@H]2OCc2ccccc2)cc1. The fourth-order valence-electron chi connectivity index (χ4n) is 9.53. The van der Waals surface area contributed by atoms with Crippen molar-refractivity contribution in [3.05, 3.63) is 240 Å². The smallest absolute Gasteiger partial charge is 0.259 e. The van der Waals surface area contributed by atoms with E-state index in [-0.39, 0.29) is 39.6 Å². The topological polar surface area (TPSA) is 118 Å². The summed E-state index contributed by atoms with van der Waals surface area (Å²) < 4.78 is 76.6. The lowest BCUT2D eigenvalue weighted by Gasteiger charge is -2.51. The van der Waals surface area contributed by atoms with Crippen molar-refractivity contribution < 1.29 is 51.8 Å². The third kappa shape index (κ3) is 12.7. The van der Waals surface area contributed by atoms with Gasteiger partial charge in [-0.25, -0.2) is 4.98 Å². The Hall–Kier alpha value is -6.04. The molecule has 11 atom stereocenters. The molecule has 13 heteroatoms. The molecule has 11 rings (SSSR count). The fraction of sp³-hybridized carbons (Fsp3) is 0.295. The van der Waals surface area contributed by atoms with Crippen LogP contribution in [0.1, 0.15) is 39.7 Å². The lowest BCUT2D eigenvalue weighted by molar-refractivity contribution is -0.378. The van der Waals surface area contributed by atoms with E-state index in [4.69, 9.17) is 56.8 Å². The molecule has 0 saturated carbocycles. The van der Waals surface area contributed by atoms with Crippen LogP contribution < -0.4 is 0 Å². The van der Waals surface area contributed by atoms with E-state index in [1.165, 1.54) is 11.8 Å². The van der Waals surface area contributed by atoms with E-state index in [1.54, 1.807) is 0 Å². The Balaban J connectivity index is 0.996. The molecule has 12 nitrogen and oxygen atoms in total. The monoisotopic (exact) mass is 1010 g/mol. The van der Waals surface area contributed by atoms with Crippen LogP contribution in [-0.2, 0) is 80.4 Å². The highest BCUT2D eigenvalue weighted by Gasteiger charge is 2.56. The van der Waals surface area contributed by atoms with Gasteiger partial charge in [-0.3, -0.25) is 0 Å². The van der Waals surface area contributed by atoms with Crippen LogP contribution >= 0.6 is 11.8 Å². The van der Waals surface area contributed by atoms with E-state index in [9.17, 15) is 0 Å². The minimum Gasteiger partial charge on any atom is -0.431 e. The zero-order valence-electron chi connectivity index (χ0n) is 40.8. The van der Waals surface area contributed by atoms with Crippen LogP contribution in [0.2, 0.25) is 0 Å². The van der Waals surface area contributed by atoms with Gasteiger partial charge in [-0.1, -0.05) is 194 Å². The second-order valence-electron chi connectivity index (χ2n) is 18.5. The van der Waals surface area contributed by atoms with Crippen molar-refractivity contribution in [2.24, 2.45) is 0 Å². The van der Waals surface area contributed by atoms with Crippen LogP contribution in [-0.4, -0.2) is 78.8 Å². The second-order valence-corrected chi connectivity index (χ2v) is 19.5. The number of hydrogen-bond donors (Lipinski definition) is 0. The van der Waals surface area contributed by atoms with Gasteiger partial charge in [-0.15, -0.1) is 0 Å². The maximum absolute atomic E-state index is 7.61. The predicted molar refractivity (Wildman–Crippen MR) is 278 cm³/mol.